The second-order valence-corrected chi connectivity index (χ2v) is 7.88. The second kappa shape index (κ2) is 10.5. The lowest BCUT2D eigenvalue weighted by Crippen LogP contribution is -2.32. The van der Waals surface area contributed by atoms with Crippen LogP contribution in [0.25, 0.3) is 0 Å². The molecule has 3 aromatic rings. The van der Waals surface area contributed by atoms with E-state index in [4.69, 9.17) is 4.74 Å². The van der Waals surface area contributed by atoms with Crippen LogP contribution < -0.4 is 15.5 Å². The highest BCUT2D eigenvalue weighted by Crippen LogP contribution is 2.23. The van der Waals surface area contributed by atoms with Gasteiger partial charge in [0.2, 0.25) is 0 Å². The Hall–Kier alpha value is -3.78. The van der Waals surface area contributed by atoms with Crippen molar-refractivity contribution in [2.75, 3.05) is 5.32 Å². The number of amides is 2. The molecule has 32 heavy (non-hydrogen) atoms. The molecular weight excluding hydrogens is 474 g/mol. The van der Waals surface area contributed by atoms with Crippen LogP contribution in [0, 0.1) is 13.8 Å². The monoisotopic (exact) mass is 493 g/mol. The molecule has 0 radical (unpaired) electrons. The van der Waals surface area contributed by atoms with Crippen molar-refractivity contribution < 1.29 is 19.1 Å². The Morgan fingerprint density at radius 1 is 0.906 bits per heavy atom. The summed E-state index contributed by atoms with van der Waals surface area (Å²) < 4.78 is 6.21. The van der Waals surface area contributed by atoms with E-state index in [0.29, 0.717) is 16.8 Å². The normalized spacial score (nSPS) is 10.6. The summed E-state index contributed by atoms with van der Waals surface area (Å²) >= 11 is 3.35. The molecule has 0 atom stereocenters. The molecule has 162 valence electrons. The van der Waals surface area contributed by atoms with E-state index in [9.17, 15) is 14.4 Å². The van der Waals surface area contributed by atoms with Gasteiger partial charge in [-0.2, -0.15) is 5.10 Å². The summed E-state index contributed by atoms with van der Waals surface area (Å²) in [5, 5.41) is 6.30. The summed E-state index contributed by atoms with van der Waals surface area (Å²) in [5.41, 5.74) is 5.47. The van der Waals surface area contributed by atoms with Gasteiger partial charge in [0.1, 0.15) is 5.75 Å². The Morgan fingerprint density at radius 2 is 1.66 bits per heavy atom. The smallest absolute Gasteiger partial charge is 0.343 e. The lowest BCUT2D eigenvalue weighted by Gasteiger charge is -2.08. The van der Waals surface area contributed by atoms with Crippen LogP contribution in [0.2, 0.25) is 0 Å². The zero-order chi connectivity index (χ0) is 23.1. The highest BCUT2D eigenvalue weighted by molar-refractivity contribution is 9.10. The van der Waals surface area contributed by atoms with Crippen LogP contribution in [0.3, 0.4) is 0 Å². The van der Waals surface area contributed by atoms with Crippen LogP contribution in [0.4, 0.5) is 5.69 Å². The lowest BCUT2D eigenvalue weighted by atomic mass is 10.1. The summed E-state index contributed by atoms with van der Waals surface area (Å²) in [6, 6.07) is 19.0. The van der Waals surface area contributed by atoms with Crippen LogP contribution in [0.1, 0.15) is 27.0 Å². The Labute approximate surface area is 193 Å². The third-order valence-electron chi connectivity index (χ3n) is 4.31. The van der Waals surface area contributed by atoms with Crippen LogP contribution in [-0.4, -0.2) is 24.0 Å². The molecule has 3 rings (SSSR count). The van der Waals surface area contributed by atoms with Crippen molar-refractivity contribution in [3.8, 4) is 5.75 Å². The van der Waals surface area contributed by atoms with E-state index in [1.807, 2.05) is 32.0 Å². The molecule has 0 heterocycles. The number of nitrogens with zero attached hydrogens (tertiary/aromatic N) is 1. The minimum absolute atomic E-state index is 0.252. The van der Waals surface area contributed by atoms with Crippen molar-refractivity contribution in [2.45, 2.75) is 13.8 Å². The number of halogens is 1. The quantitative estimate of drug-likeness (QED) is 0.181. The number of benzene rings is 3. The molecule has 0 spiro atoms. The van der Waals surface area contributed by atoms with Gasteiger partial charge in [0.25, 0.3) is 0 Å². The minimum atomic E-state index is -0.935. The van der Waals surface area contributed by atoms with E-state index >= 15 is 0 Å². The van der Waals surface area contributed by atoms with Gasteiger partial charge < -0.3 is 10.1 Å². The Morgan fingerprint density at radius 3 is 2.38 bits per heavy atom. The number of ether oxygens (including phenoxy) is 1. The van der Waals surface area contributed by atoms with Gasteiger partial charge in [0, 0.05) is 15.7 Å². The van der Waals surface area contributed by atoms with E-state index in [-0.39, 0.29) is 5.75 Å². The summed E-state index contributed by atoms with van der Waals surface area (Å²) in [6.07, 6.45) is 1.29. The van der Waals surface area contributed by atoms with Crippen molar-refractivity contribution in [3.05, 3.63) is 93.5 Å². The molecule has 0 unspecified atom stereocenters. The first-order valence-electron chi connectivity index (χ1n) is 9.61. The third kappa shape index (κ3) is 6.36. The summed E-state index contributed by atoms with van der Waals surface area (Å²) in [6.45, 7) is 3.80. The van der Waals surface area contributed by atoms with Gasteiger partial charge in [-0.05, 0) is 56.3 Å². The molecule has 0 bridgehead atoms. The predicted molar refractivity (Wildman–Crippen MR) is 126 cm³/mol. The van der Waals surface area contributed by atoms with E-state index in [0.717, 1.165) is 15.6 Å². The van der Waals surface area contributed by atoms with Crippen molar-refractivity contribution in [3.63, 3.8) is 0 Å². The fraction of sp³-hybridized carbons (Fsp3) is 0.0833. The van der Waals surface area contributed by atoms with Gasteiger partial charge in [-0.15, -0.1) is 0 Å². The standard InChI is InChI=1S/C24H20BrN3O4/c1-15-6-9-20(10-7-15)27-22(29)23(30)28-26-14-18-13-19(25)8-11-21(18)32-24(31)17-5-3-4-16(2)12-17/h3-14H,1-2H3,(H,27,29)(H,28,30)/b26-14-. The molecule has 0 saturated carbocycles. The molecule has 2 N–H and O–H groups in total. The Bertz CT molecular complexity index is 1190. The molecule has 7 nitrogen and oxygen atoms in total. The maximum Gasteiger partial charge on any atom is 0.343 e. The first-order valence-corrected chi connectivity index (χ1v) is 10.4. The van der Waals surface area contributed by atoms with Gasteiger partial charge in [-0.25, -0.2) is 10.2 Å². The average molecular weight is 494 g/mol. The average Bonchev–Trinajstić information content (AvgIpc) is 2.77. The SMILES string of the molecule is Cc1ccc(NC(=O)C(=O)N/N=C\c2cc(Br)ccc2OC(=O)c2cccc(C)c2)cc1. The van der Waals surface area contributed by atoms with Crippen molar-refractivity contribution in [2.24, 2.45) is 5.10 Å². The van der Waals surface area contributed by atoms with Gasteiger partial charge >= 0.3 is 17.8 Å². The number of hydrogen-bond acceptors (Lipinski definition) is 5. The number of esters is 1. The Kier molecular flexibility index (Phi) is 7.51. The number of carbonyl (C=O) groups excluding carboxylic acids is 3. The predicted octanol–water partition coefficient (Wildman–Crippen LogP) is 4.37. The molecule has 3 aromatic carbocycles. The number of rotatable bonds is 5. The summed E-state index contributed by atoms with van der Waals surface area (Å²) in [5.74, 6) is -2.06. The van der Waals surface area contributed by atoms with Crippen LogP contribution in [-0.2, 0) is 9.59 Å². The molecule has 0 aliphatic carbocycles. The van der Waals surface area contributed by atoms with Crippen molar-refractivity contribution >= 4 is 45.6 Å². The maximum atomic E-state index is 12.5. The molecule has 0 fully saturated rings. The number of aryl methyl sites for hydroxylation is 2. The van der Waals surface area contributed by atoms with Crippen molar-refractivity contribution in [1.29, 1.82) is 0 Å². The molecule has 8 heteroatoms. The number of carbonyl (C=O) groups is 3. The third-order valence-corrected chi connectivity index (χ3v) is 4.81. The number of anilines is 1. The zero-order valence-corrected chi connectivity index (χ0v) is 19.0. The minimum Gasteiger partial charge on any atom is -0.422 e. The molecule has 0 saturated heterocycles. The van der Waals surface area contributed by atoms with Crippen LogP contribution in [0.15, 0.2) is 76.3 Å². The first kappa shape index (κ1) is 22.9. The Balaban J connectivity index is 1.66. The fourth-order valence-electron chi connectivity index (χ4n) is 2.68. The first-order chi connectivity index (χ1) is 15.3. The van der Waals surface area contributed by atoms with Crippen molar-refractivity contribution in [1.82, 2.24) is 5.43 Å². The summed E-state index contributed by atoms with van der Waals surface area (Å²) in [7, 11) is 0. The van der Waals surface area contributed by atoms with E-state index in [1.165, 1.54) is 6.21 Å². The van der Waals surface area contributed by atoms with Gasteiger partial charge in [0.05, 0.1) is 11.8 Å². The highest BCUT2D eigenvalue weighted by Gasteiger charge is 2.14. The van der Waals surface area contributed by atoms with Crippen LogP contribution in [0.5, 0.6) is 5.75 Å². The molecule has 0 aliphatic rings. The lowest BCUT2D eigenvalue weighted by molar-refractivity contribution is -0.136. The van der Waals surface area contributed by atoms with E-state index in [1.54, 1.807) is 48.5 Å². The van der Waals surface area contributed by atoms with Gasteiger partial charge in [-0.1, -0.05) is 51.3 Å². The van der Waals surface area contributed by atoms with Crippen LogP contribution >= 0.6 is 15.9 Å². The molecule has 0 aromatic heterocycles. The molecule has 2 amide bonds. The van der Waals surface area contributed by atoms with E-state index in [2.05, 4.69) is 31.8 Å². The van der Waals surface area contributed by atoms with Gasteiger partial charge in [-0.3, -0.25) is 9.59 Å². The van der Waals surface area contributed by atoms with E-state index < -0.39 is 17.8 Å². The van der Waals surface area contributed by atoms with Gasteiger partial charge in [0.15, 0.2) is 0 Å². The maximum absolute atomic E-state index is 12.5. The largest absolute Gasteiger partial charge is 0.422 e. The molecular formula is C24H20BrN3O4. The summed E-state index contributed by atoms with van der Waals surface area (Å²) in [4.78, 5) is 36.5. The topological polar surface area (TPSA) is 96.9 Å². The second-order valence-electron chi connectivity index (χ2n) is 6.96. The zero-order valence-electron chi connectivity index (χ0n) is 17.4. The highest BCUT2D eigenvalue weighted by atomic mass is 79.9. The number of nitrogens with one attached hydrogen (secondary N) is 2. The molecule has 0 aliphatic heterocycles. The number of hydrazone groups is 1. The fourth-order valence-corrected chi connectivity index (χ4v) is 3.06. The number of hydrogen-bond donors (Lipinski definition) is 2.